The minimum atomic E-state index is -0.343. The molecule has 0 spiro atoms. The molecule has 0 aliphatic rings. The van der Waals surface area contributed by atoms with Crippen molar-refractivity contribution in [3.8, 4) is 0 Å². The highest BCUT2D eigenvalue weighted by atomic mass is 35.5. The molecule has 3 N–H and O–H groups in total. The molecule has 0 aliphatic carbocycles. The number of nitrogens with one attached hydrogen (secondary N) is 3. The highest BCUT2D eigenvalue weighted by Gasteiger charge is 2.10. The predicted molar refractivity (Wildman–Crippen MR) is 122 cm³/mol. The van der Waals surface area contributed by atoms with Gasteiger partial charge in [0.15, 0.2) is 0 Å². The Bertz CT molecular complexity index is 1090. The summed E-state index contributed by atoms with van der Waals surface area (Å²) in [6, 6.07) is 19.9. The summed E-state index contributed by atoms with van der Waals surface area (Å²) in [6.45, 7) is 0.588. The van der Waals surface area contributed by atoms with Gasteiger partial charge in [0.1, 0.15) is 0 Å². The molecular formula is C23H19Cl2N3O3. The summed E-state index contributed by atoms with van der Waals surface area (Å²) in [5.41, 5.74) is 1.89. The number of rotatable bonds is 7. The minimum absolute atomic E-state index is 0.197. The van der Waals surface area contributed by atoms with Crippen molar-refractivity contribution in [3.05, 3.63) is 99.5 Å². The first kappa shape index (κ1) is 22.3. The number of hydrogen-bond donors (Lipinski definition) is 3. The zero-order valence-corrected chi connectivity index (χ0v) is 17.8. The Hall–Kier alpha value is -3.35. The Labute approximate surface area is 189 Å². The van der Waals surface area contributed by atoms with E-state index < -0.39 is 0 Å². The van der Waals surface area contributed by atoms with Gasteiger partial charge >= 0.3 is 0 Å². The van der Waals surface area contributed by atoms with E-state index >= 15 is 0 Å². The molecule has 0 saturated carbocycles. The van der Waals surface area contributed by atoms with E-state index in [1.807, 2.05) is 6.07 Å². The summed E-state index contributed by atoms with van der Waals surface area (Å²) in [7, 11) is 0. The van der Waals surface area contributed by atoms with Crippen LogP contribution in [0.1, 0.15) is 31.1 Å². The number of halogens is 2. The number of carbonyl (C=O) groups excluding carboxylic acids is 3. The van der Waals surface area contributed by atoms with E-state index in [1.165, 1.54) is 6.07 Å². The minimum Gasteiger partial charge on any atom is -0.350 e. The molecule has 0 heterocycles. The first-order valence-electron chi connectivity index (χ1n) is 9.42. The van der Waals surface area contributed by atoms with Crippen LogP contribution in [0, 0.1) is 0 Å². The van der Waals surface area contributed by atoms with Crippen LogP contribution in [0.3, 0.4) is 0 Å². The molecule has 0 atom stereocenters. The van der Waals surface area contributed by atoms with Gasteiger partial charge in [-0.15, -0.1) is 0 Å². The summed E-state index contributed by atoms with van der Waals surface area (Å²) < 4.78 is 0. The Morgan fingerprint density at radius 2 is 1.16 bits per heavy atom. The second-order valence-electron chi connectivity index (χ2n) is 6.54. The molecule has 0 aliphatic heterocycles. The smallest absolute Gasteiger partial charge is 0.255 e. The van der Waals surface area contributed by atoms with Gasteiger partial charge in [0.05, 0.1) is 10.0 Å². The van der Waals surface area contributed by atoms with E-state index in [0.29, 0.717) is 39.0 Å². The quantitative estimate of drug-likeness (QED) is 0.461. The van der Waals surface area contributed by atoms with E-state index in [0.717, 1.165) is 0 Å². The van der Waals surface area contributed by atoms with Crippen molar-refractivity contribution in [1.29, 1.82) is 0 Å². The Morgan fingerprint density at radius 1 is 0.613 bits per heavy atom. The Balaban J connectivity index is 1.46. The van der Waals surface area contributed by atoms with Gasteiger partial charge < -0.3 is 16.0 Å². The lowest BCUT2D eigenvalue weighted by molar-refractivity contribution is 0.0927. The molecule has 8 heteroatoms. The van der Waals surface area contributed by atoms with Crippen LogP contribution in [0.2, 0.25) is 10.0 Å². The first-order valence-corrected chi connectivity index (χ1v) is 10.2. The maximum absolute atomic E-state index is 12.3. The Kier molecular flexibility index (Phi) is 7.65. The van der Waals surface area contributed by atoms with Crippen molar-refractivity contribution in [2.45, 2.75) is 0 Å². The molecular weight excluding hydrogens is 437 g/mol. The van der Waals surface area contributed by atoms with Crippen LogP contribution in [0.25, 0.3) is 0 Å². The summed E-state index contributed by atoms with van der Waals surface area (Å²) in [5.74, 6) is -0.821. The summed E-state index contributed by atoms with van der Waals surface area (Å²) in [5, 5.41) is 8.87. The van der Waals surface area contributed by atoms with Gasteiger partial charge in [-0.05, 0) is 54.6 Å². The fourth-order valence-electron chi connectivity index (χ4n) is 2.69. The van der Waals surface area contributed by atoms with E-state index in [2.05, 4.69) is 16.0 Å². The Morgan fingerprint density at radius 3 is 1.74 bits per heavy atom. The maximum Gasteiger partial charge on any atom is 0.255 e. The highest BCUT2D eigenvalue weighted by molar-refractivity contribution is 6.42. The standard InChI is InChI=1S/C23H19Cl2N3O3/c24-19-11-8-17(14-20(19)25)23(31)28-18-9-6-16(7-10-18)22(30)27-13-12-26-21(29)15-4-2-1-3-5-15/h1-11,14H,12-13H2,(H,26,29)(H,27,30)(H,28,31). The molecule has 3 rings (SSSR count). The maximum atomic E-state index is 12.3. The summed E-state index contributed by atoms with van der Waals surface area (Å²) in [4.78, 5) is 36.5. The lowest BCUT2D eigenvalue weighted by Crippen LogP contribution is -2.34. The van der Waals surface area contributed by atoms with Crippen molar-refractivity contribution in [2.75, 3.05) is 18.4 Å². The average molecular weight is 456 g/mol. The van der Waals surface area contributed by atoms with Crippen LogP contribution >= 0.6 is 23.2 Å². The number of amides is 3. The van der Waals surface area contributed by atoms with E-state index in [1.54, 1.807) is 60.7 Å². The van der Waals surface area contributed by atoms with Gasteiger partial charge in [-0.1, -0.05) is 41.4 Å². The van der Waals surface area contributed by atoms with Crippen LogP contribution in [0.15, 0.2) is 72.8 Å². The molecule has 0 radical (unpaired) electrons. The van der Waals surface area contributed by atoms with Gasteiger partial charge in [0, 0.05) is 35.5 Å². The zero-order valence-electron chi connectivity index (χ0n) is 16.3. The van der Waals surface area contributed by atoms with Crippen LogP contribution < -0.4 is 16.0 Å². The number of hydrogen-bond acceptors (Lipinski definition) is 3. The van der Waals surface area contributed by atoms with Crippen LogP contribution in [0.5, 0.6) is 0 Å². The van der Waals surface area contributed by atoms with Gasteiger partial charge in [-0.3, -0.25) is 14.4 Å². The first-order chi connectivity index (χ1) is 14.9. The third-order valence-electron chi connectivity index (χ3n) is 4.32. The average Bonchev–Trinajstić information content (AvgIpc) is 2.79. The lowest BCUT2D eigenvalue weighted by atomic mass is 10.1. The molecule has 0 aromatic heterocycles. The zero-order chi connectivity index (χ0) is 22.2. The second-order valence-corrected chi connectivity index (χ2v) is 7.35. The van der Waals surface area contributed by atoms with E-state index in [-0.39, 0.29) is 24.3 Å². The molecule has 0 unspecified atom stereocenters. The van der Waals surface area contributed by atoms with Crippen molar-refractivity contribution in [2.24, 2.45) is 0 Å². The van der Waals surface area contributed by atoms with Gasteiger partial charge in [-0.25, -0.2) is 0 Å². The van der Waals surface area contributed by atoms with Crippen molar-refractivity contribution < 1.29 is 14.4 Å². The molecule has 31 heavy (non-hydrogen) atoms. The van der Waals surface area contributed by atoms with Crippen molar-refractivity contribution in [3.63, 3.8) is 0 Å². The molecule has 3 aromatic carbocycles. The molecule has 158 valence electrons. The number of benzene rings is 3. The third kappa shape index (κ3) is 6.31. The van der Waals surface area contributed by atoms with Crippen molar-refractivity contribution in [1.82, 2.24) is 10.6 Å². The third-order valence-corrected chi connectivity index (χ3v) is 5.06. The largest absolute Gasteiger partial charge is 0.350 e. The van der Waals surface area contributed by atoms with E-state index in [4.69, 9.17) is 23.2 Å². The molecule has 3 amide bonds. The van der Waals surface area contributed by atoms with Crippen LogP contribution in [0.4, 0.5) is 5.69 Å². The fourth-order valence-corrected chi connectivity index (χ4v) is 2.99. The van der Waals surface area contributed by atoms with Gasteiger partial charge in [0.25, 0.3) is 17.7 Å². The number of carbonyl (C=O) groups is 3. The van der Waals surface area contributed by atoms with E-state index in [9.17, 15) is 14.4 Å². The normalized spacial score (nSPS) is 10.3. The predicted octanol–water partition coefficient (Wildman–Crippen LogP) is 4.41. The second kappa shape index (κ2) is 10.6. The topological polar surface area (TPSA) is 87.3 Å². The van der Waals surface area contributed by atoms with Crippen LogP contribution in [-0.2, 0) is 0 Å². The lowest BCUT2D eigenvalue weighted by Gasteiger charge is -2.09. The van der Waals surface area contributed by atoms with Gasteiger partial charge in [-0.2, -0.15) is 0 Å². The molecule has 0 fully saturated rings. The summed E-state index contributed by atoms with van der Waals surface area (Å²) >= 11 is 11.8. The molecule has 0 saturated heterocycles. The fraction of sp³-hybridized carbons (Fsp3) is 0.0870. The van der Waals surface area contributed by atoms with Gasteiger partial charge in [0.2, 0.25) is 0 Å². The monoisotopic (exact) mass is 455 g/mol. The molecule has 3 aromatic rings. The summed E-state index contributed by atoms with van der Waals surface area (Å²) in [6.07, 6.45) is 0. The highest BCUT2D eigenvalue weighted by Crippen LogP contribution is 2.23. The molecule has 6 nitrogen and oxygen atoms in total. The SMILES string of the molecule is O=C(NCCNC(=O)c1ccc(NC(=O)c2ccc(Cl)c(Cl)c2)cc1)c1ccccc1. The van der Waals surface area contributed by atoms with Crippen molar-refractivity contribution >= 4 is 46.6 Å². The number of anilines is 1. The van der Waals surface area contributed by atoms with Crippen LogP contribution in [-0.4, -0.2) is 30.8 Å². The molecule has 0 bridgehead atoms.